The predicted octanol–water partition coefficient (Wildman–Crippen LogP) is 5.79. The Hall–Kier alpha value is -2.37. The second-order valence-corrected chi connectivity index (χ2v) is 8.62. The average Bonchev–Trinajstić information content (AvgIpc) is 2.85. The minimum absolute atomic E-state index is 0.0362. The van der Waals surface area contributed by atoms with Crippen molar-refractivity contribution in [2.75, 3.05) is 7.11 Å². The number of nitrogens with one attached hydrogen (secondary N) is 1. The molecule has 2 N–H and O–H groups in total. The number of methoxy groups -OCH3 is 1. The monoisotopic (exact) mass is 455 g/mol. The van der Waals surface area contributed by atoms with Crippen LogP contribution in [0.5, 0.6) is 5.75 Å². The van der Waals surface area contributed by atoms with Crippen LogP contribution in [-0.4, -0.2) is 30.3 Å². The quantitative estimate of drug-likeness (QED) is 0.296. The average molecular weight is 456 g/mol. The lowest BCUT2D eigenvalue weighted by Crippen LogP contribution is -2.31. The summed E-state index contributed by atoms with van der Waals surface area (Å²) in [5.41, 5.74) is 2.09. The zero-order valence-corrected chi connectivity index (χ0v) is 20.3. The largest absolute Gasteiger partial charge is 0.497 e. The number of carbonyl (C=O) groups is 1. The van der Waals surface area contributed by atoms with Crippen LogP contribution in [-0.2, 0) is 22.7 Å². The molecular weight excluding hydrogens is 414 g/mol. The maximum Gasteiger partial charge on any atom is 0.220 e. The smallest absolute Gasteiger partial charge is 0.220 e. The van der Waals surface area contributed by atoms with E-state index in [1.807, 2.05) is 54.6 Å². The summed E-state index contributed by atoms with van der Waals surface area (Å²) in [6, 6.07) is 17.6. The normalized spacial score (nSPS) is 12.8. The minimum atomic E-state index is -0.561. The van der Waals surface area contributed by atoms with Crippen molar-refractivity contribution in [3.05, 3.63) is 65.7 Å². The molecule has 0 heterocycles. The zero-order valence-electron chi connectivity index (χ0n) is 20.3. The second-order valence-electron chi connectivity index (χ2n) is 8.62. The van der Waals surface area contributed by atoms with Gasteiger partial charge in [0.25, 0.3) is 0 Å². The third kappa shape index (κ3) is 11.4. The SMILES string of the molecule is CCCCCCCC[C@@H](O)[C@H](CCC(=O)NCc1ccc(OC)cc1)OCc1ccccc1. The third-order valence-electron chi connectivity index (χ3n) is 5.89. The predicted molar refractivity (Wildman–Crippen MR) is 133 cm³/mol. The van der Waals surface area contributed by atoms with E-state index >= 15 is 0 Å². The van der Waals surface area contributed by atoms with Crippen molar-refractivity contribution in [1.82, 2.24) is 5.32 Å². The first kappa shape index (κ1) is 26.9. The van der Waals surface area contributed by atoms with Crippen molar-refractivity contribution in [2.24, 2.45) is 0 Å². The highest BCUT2D eigenvalue weighted by atomic mass is 16.5. The number of unbranched alkanes of at least 4 members (excludes halogenated alkanes) is 5. The van der Waals surface area contributed by atoms with Gasteiger partial charge in [-0.05, 0) is 36.1 Å². The molecule has 0 bridgehead atoms. The molecule has 0 aliphatic rings. The molecule has 0 aliphatic heterocycles. The van der Waals surface area contributed by atoms with Crippen LogP contribution in [0.3, 0.4) is 0 Å². The fraction of sp³-hybridized carbons (Fsp3) is 0.536. The molecule has 0 saturated heterocycles. The van der Waals surface area contributed by atoms with Gasteiger partial charge in [0.1, 0.15) is 5.75 Å². The Labute approximate surface area is 199 Å². The van der Waals surface area contributed by atoms with Gasteiger partial charge in [0.05, 0.1) is 25.9 Å². The van der Waals surface area contributed by atoms with Crippen LogP contribution >= 0.6 is 0 Å². The van der Waals surface area contributed by atoms with Gasteiger partial charge in [0.15, 0.2) is 0 Å². The molecule has 2 atom stereocenters. The minimum Gasteiger partial charge on any atom is -0.497 e. The van der Waals surface area contributed by atoms with Crippen LogP contribution in [0.1, 0.15) is 75.8 Å². The Kier molecular flexibility index (Phi) is 13.3. The van der Waals surface area contributed by atoms with Crippen LogP contribution < -0.4 is 10.1 Å². The summed E-state index contributed by atoms with van der Waals surface area (Å²) in [4.78, 5) is 12.4. The summed E-state index contributed by atoms with van der Waals surface area (Å²) in [6.07, 6.45) is 7.71. The summed E-state index contributed by atoms with van der Waals surface area (Å²) in [5, 5.41) is 13.8. The van der Waals surface area contributed by atoms with Crippen molar-refractivity contribution in [2.45, 2.75) is 90.1 Å². The molecule has 0 fully saturated rings. The number of hydrogen-bond donors (Lipinski definition) is 2. The van der Waals surface area contributed by atoms with E-state index in [4.69, 9.17) is 9.47 Å². The highest BCUT2D eigenvalue weighted by molar-refractivity contribution is 5.75. The van der Waals surface area contributed by atoms with E-state index in [9.17, 15) is 9.90 Å². The molecule has 2 rings (SSSR count). The second kappa shape index (κ2) is 16.3. The molecule has 0 spiro atoms. The Balaban J connectivity index is 1.79. The summed E-state index contributed by atoms with van der Waals surface area (Å²) >= 11 is 0. The number of ether oxygens (including phenoxy) is 2. The molecule has 5 heteroatoms. The number of rotatable bonds is 17. The molecule has 0 unspecified atom stereocenters. The number of aliphatic hydroxyl groups is 1. The van der Waals surface area contributed by atoms with E-state index in [1.165, 1.54) is 25.7 Å². The van der Waals surface area contributed by atoms with E-state index in [2.05, 4.69) is 12.2 Å². The van der Waals surface area contributed by atoms with E-state index in [-0.39, 0.29) is 12.0 Å². The molecule has 2 aromatic carbocycles. The van der Waals surface area contributed by atoms with Crippen molar-refractivity contribution in [1.29, 1.82) is 0 Å². The van der Waals surface area contributed by atoms with Crippen LogP contribution in [0.15, 0.2) is 54.6 Å². The Bertz CT molecular complexity index is 763. The Morgan fingerprint density at radius 1 is 0.909 bits per heavy atom. The molecule has 0 radical (unpaired) electrons. The van der Waals surface area contributed by atoms with E-state index in [0.29, 0.717) is 32.4 Å². The van der Waals surface area contributed by atoms with Gasteiger partial charge < -0.3 is 19.9 Å². The third-order valence-corrected chi connectivity index (χ3v) is 5.89. The molecule has 0 saturated carbocycles. The zero-order chi connectivity index (χ0) is 23.7. The lowest BCUT2D eigenvalue weighted by Gasteiger charge is -2.23. The van der Waals surface area contributed by atoms with Gasteiger partial charge in [-0.2, -0.15) is 0 Å². The summed E-state index contributed by atoms with van der Waals surface area (Å²) in [7, 11) is 1.63. The van der Waals surface area contributed by atoms with Gasteiger partial charge in [0.2, 0.25) is 5.91 Å². The fourth-order valence-corrected chi connectivity index (χ4v) is 3.79. The van der Waals surface area contributed by atoms with Gasteiger partial charge in [-0.3, -0.25) is 4.79 Å². The molecule has 182 valence electrons. The van der Waals surface area contributed by atoms with Gasteiger partial charge >= 0.3 is 0 Å². The summed E-state index contributed by atoms with van der Waals surface area (Å²) in [5.74, 6) is 0.758. The maximum absolute atomic E-state index is 12.4. The first-order chi connectivity index (χ1) is 16.1. The molecular formula is C28H41NO4. The number of hydrogen-bond acceptors (Lipinski definition) is 4. The van der Waals surface area contributed by atoms with Crippen LogP contribution in [0.25, 0.3) is 0 Å². The standard InChI is InChI=1S/C28H41NO4/c1-3-4-5-6-7-11-14-26(30)27(33-22-24-12-9-8-10-13-24)19-20-28(31)29-21-23-15-17-25(32-2)18-16-23/h8-10,12-13,15-18,26-27,30H,3-7,11,14,19-22H2,1-2H3,(H,29,31)/t26-,27+/m1/s1. The van der Waals surface area contributed by atoms with E-state index < -0.39 is 6.10 Å². The number of benzene rings is 2. The molecule has 1 amide bonds. The van der Waals surface area contributed by atoms with Crippen LogP contribution in [0.4, 0.5) is 0 Å². The maximum atomic E-state index is 12.4. The van der Waals surface area contributed by atoms with Gasteiger partial charge in [-0.25, -0.2) is 0 Å². The Morgan fingerprint density at radius 3 is 2.30 bits per heavy atom. The number of amides is 1. The first-order valence-electron chi connectivity index (χ1n) is 12.4. The van der Waals surface area contributed by atoms with E-state index in [0.717, 1.165) is 29.7 Å². The van der Waals surface area contributed by atoms with Crippen LogP contribution in [0, 0.1) is 0 Å². The van der Waals surface area contributed by atoms with Gasteiger partial charge in [0, 0.05) is 13.0 Å². The molecule has 5 nitrogen and oxygen atoms in total. The molecule has 2 aromatic rings. The molecule has 33 heavy (non-hydrogen) atoms. The van der Waals surface area contributed by atoms with Crippen molar-refractivity contribution >= 4 is 5.91 Å². The highest BCUT2D eigenvalue weighted by Gasteiger charge is 2.21. The number of aliphatic hydroxyl groups excluding tert-OH is 1. The van der Waals surface area contributed by atoms with Crippen molar-refractivity contribution in [3.8, 4) is 5.75 Å². The highest BCUT2D eigenvalue weighted by Crippen LogP contribution is 2.17. The molecule has 0 aliphatic carbocycles. The van der Waals surface area contributed by atoms with Gasteiger partial charge in [-0.15, -0.1) is 0 Å². The summed E-state index contributed by atoms with van der Waals surface area (Å²) in [6.45, 7) is 3.12. The van der Waals surface area contributed by atoms with Crippen molar-refractivity contribution in [3.63, 3.8) is 0 Å². The van der Waals surface area contributed by atoms with Gasteiger partial charge in [-0.1, -0.05) is 87.9 Å². The Morgan fingerprint density at radius 2 is 1.61 bits per heavy atom. The lowest BCUT2D eigenvalue weighted by atomic mass is 10.0. The fourth-order valence-electron chi connectivity index (χ4n) is 3.79. The molecule has 0 aromatic heterocycles. The number of carbonyl (C=O) groups excluding carboxylic acids is 1. The lowest BCUT2D eigenvalue weighted by molar-refractivity contribution is -0.123. The topological polar surface area (TPSA) is 67.8 Å². The summed E-state index contributed by atoms with van der Waals surface area (Å²) < 4.78 is 11.2. The van der Waals surface area contributed by atoms with Crippen LogP contribution in [0.2, 0.25) is 0 Å². The van der Waals surface area contributed by atoms with E-state index in [1.54, 1.807) is 7.11 Å². The van der Waals surface area contributed by atoms with Crippen molar-refractivity contribution < 1.29 is 19.4 Å². The first-order valence-corrected chi connectivity index (χ1v) is 12.4.